The molecule has 1 aromatic heterocycles. The van der Waals surface area contributed by atoms with Crippen molar-refractivity contribution in [1.29, 1.82) is 0 Å². The van der Waals surface area contributed by atoms with E-state index < -0.39 is 0 Å². The van der Waals surface area contributed by atoms with E-state index in [-0.39, 0.29) is 0 Å². The summed E-state index contributed by atoms with van der Waals surface area (Å²) in [5.41, 5.74) is 2.36. The van der Waals surface area contributed by atoms with Crippen LogP contribution in [0.1, 0.15) is 25.5 Å². The molecule has 0 bridgehead atoms. The minimum absolute atomic E-state index is 0.339. The molecule has 0 atom stereocenters. The molecule has 74 valence electrons. The van der Waals surface area contributed by atoms with Gasteiger partial charge >= 0.3 is 0 Å². The van der Waals surface area contributed by atoms with Crippen LogP contribution >= 0.6 is 11.6 Å². The summed E-state index contributed by atoms with van der Waals surface area (Å²) in [6, 6.07) is 6.44. The molecule has 0 unspecified atom stereocenters. The molecular weight excluding hydrogens is 196 g/mol. The lowest BCUT2D eigenvalue weighted by molar-refractivity contribution is 0.550. The quantitative estimate of drug-likeness (QED) is 0.701. The van der Waals surface area contributed by atoms with Crippen LogP contribution in [0.3, 0.4) is 0 Å². The Balaban J connectivity index is 2.86. The summed E-state index contributed by atoms with van der Waals surface area (Å²) >= 11 is 6.06. The van der Waals surface area contributed by atoms with Crippen molar-refractivity contribution >= 4 is 22.5 Å². The monoisotopic (exact) mass is 208 g/mol. The van der Waals surface area contributed by atoms with E-state index in [1.165, 1.54) is 5.56 Å². The minimum atomic E-state index is 0.339. The van der Waals surface area contributed by atoms with E-state index >= 15 is 0 Å². The van der Waals surface area contributed by atoms with Crippen LogP contribution in [0, 0.1) is 6.92 Å². The smallest absolute Gasteiger partial charge is 0.158 e. The van der Waals surface area contributed by atoms with Crippen LogP contribution in [-0.4, -0.2) is 9.78 Å². The van der Waals surface area contributed by atoms with Gasteiger partial charge in [0.15, 0.2) is 5.15 Å². The highest BCUT2D eigenvalue weighted by atomic mass is 35.5. The first-order valence-corrected chi connectivity index (χ1v) is 5.12. The number of nitrogens with zero attached hydrogens (tertiary/aromatic N) is 2. The molecule has 2 aromatic rings. The van der Waals surface area contributed by atoms with Crippen LogP contribution in [0.4, 0.5) is 0 Å². The Bertz CT molecular complexity index is 471. The van der Waals surface area contributed by atoms with Crippen LogP contribution in [0.15, 0.2) is 18.2 Å². The van der Waals surface area contributed by atoms with Crippen molar-refractivity contribution < 1.29 is 0 Å². The van der Waals surface area contributed by atoms with Gasteiger partial charge in [-0.05, 0) is 32.4 Å². The van der Waals surface area contributed by atoms with E-state index in [0.717, 1.165) is 10.9 Å². The maximum atomic E-state index is 6.06. The van der Waals surface area contributed by atoms with Crippen LogP contribution in [0.25, 0.3) is 10.9 Å². The molecular formula is C11H13ClN2. The standard InChI is InChI=1S/C11H13ClN2/c1-7(2)14-10-8(3)5-4-6-9(10)11(12)13-14/h4-7H,1-3H3. The molecule has 14 heavy (non-hydrogen) atoms. The fourth-order valence-electron chi connectivity index (χ4n) is 1.70. The highest BCUT2D eigenvalue weighted by Crippen LogP contribution is 2.27. The summed E-state index contributed by atoms with van der Waals surface area (Å²) in [5, 5.41) is 5.97. The average molecular weight is 209 g/mol. The van der Waals surface area contributed by atoms with Gasteiger partial charge in [-0.3, -0.25) is 4.68 Å². The fraction of sp³-hybridized carbons (Fsp3) is 0.364. The predicted octanol–water partition coefficient (Wildman–Crippen LogP) is 3.58. The molecule has 0 saturated carbocycles. The maximum absolute atomic E-state index is 6.06. The topological polar surface area (TPSA) is 17.8 Å². The van der Waals surface area contributed by atoms with E-state index in [1.807, 2.05) is 16.8 Å². The van der Waals surface area contributed by atoms with Crippen LogP contribution < -0.4 is 0 Å². The Hall–Kier alpha value is -1.02. The first-order valence-electron chi connectivity index (χ1n) is 4.74. The third kappa shape index (κ3) is 1.30. The summed E-state index contributed by atoms with van der Waals surface area (Å²) in [4.78, 5) is 0. The lowest BCUT2D eigenvalue weighted by atomic mass is 10.1. The number of benzene rings is 1. The minimum Gasteiger partial charge on any atom is -0.261 e. The lowest BCUT2D eigenvalue weighted by Gasteiger charge is -2.08. The third-order valence-electron chi connectivity index (χ3n) is 2.37. The van der Waals surface area contributed by atoms with Gasteiger partial charge in [0.1, 0.15) is 0 Å². The lowest BCUT2D eigenvalue weighted by Crippen LogP contribution is -2.03. The zero-order valence-electron chi connectivity index (χ0n) is 8.58. The first-order chi connectivity index (χ1) is 6.61. The van der Waals surface area contributed by atoms with Crippen molar-refractivity contribution in [3.63, 3.8) is 0 Å². The second-order valence-corrected chi connectivity index (χ2v) is 4.16. The van der Waals surface area contributed by atoms with Gasteiger partial charge in [0, 0.05) is 11.4 Å². The molecule has 2 rings (SSSR count). The number of para-hydroxylation sites is 1. The number of hydrogen-bond donors (Lipinski definition) is 0. The largest absolute Gasteiger partial charge is 0.261 e. The molecule has 0 amide bonds. The highest BCUT2D eigenvalue weighted by Gasteiger charge is 2.11. The van der Waals surface area contributed by atoms with Crippen molar-refractivity contribution in [2.45, 2.75) is 26.8 Å². The van der Waals surface area contributed by atoms with Crippen molar-refractivity contribution in [2.75, 3.05) is 0 Å². The molecule has 0 N–H and O–H groups in total. The Morgan fingerprint density at radius 2 is 2.07 bits per heavy atom. The van der Waals surface area contributed by atoms with Gasteiger partial charge in [0.2, 0.25) is 0 Å². The van der Waals surface area contributed by atoms with E-state index in [1.54, 1.807) is 0 Å². The van der Waals surface area contributed by atoms with Gasteiger partial charge in [0.25, 0.3) is 0 Å². The van der Waals surface area contributed by atoms with Crippen molar-refractivity contribution in [3.8, 4) is 0 Å². The van der Waals surface area contributed by atoms with E-state index in [2.05, 4.69) is 31.9 Å². The number of fused-ring (bicyclic) bond motifs is 1. The first kappa shape index (κ1) is 9.53. The molecule has 0 saturated heterocycles. The number of aryl methyl sites for hydroxylation is 1. The van der Waals surface area contributed by atoms with Crippen LogP contribution in [0.5, 0.6) is 0 Å². The Kier molecular flexibility index (Phi) is 2.23. The number of hydrogen-bond acceptors (Lipinski definition) is 1. The summed E-state index contributed by atoms with van der Waals surface area (Å²) in [7, 11) is 0. The number of aromatic nitrogens is 2. The Morgan fingerprint density at radius 1 is 1.36 bits per heavy atom. The average Bonchev–Trinajstić information content (AvgIpc) is 2.46. The summed E-state index contributed by atoms with van der Waals surface area (Å²) in [6.45, 7) is 6.30. The molecule has 0 aliphatic heterocycles. The second-order valence-electron chi connectivity index (χ2n) is 3.80. The van der Waals surface area contributed by atoms with E-state index in [9.17, 15) is 0 Å². The summed E-state index contributed by atoms with van der Waals surface area (Å²) in [5.74, 6) is 0. The maximum Gasteiger partial charge on any atom is 0.158 e. The zero-order chi connectivity index (χ0) is 10.3. The van der Waals surface area contributed by atoms with Crippen LogP contribution in [-0.2, 0) is 0 Å². The van der Waals surface area contributed by atoms with Gasteiger partial charge in [-0.25, -0.2) is 0 Å². The van der Waals surface area contributed by atoms with Gasteiger partial charge in [-0.15, -0.1) is 0 Å². The second kappa shape index (κ2) is 3.28. The van der Waals surface area contributed by atoms with Gasteiger partial charge in [-0.1, -0.05) is 23.7 Å². The summed E-state index contributed by atoms with van der Waals surface area (Å²) < 4.78 is 1.98. The third-order valence-corrected chi connectivity index (χ3v) is 2.65. The van der Waals surface area contributed by atoms with E-state index in [4.69, 9.17) is 11.6 Å². The molecule has 2 nitrogen and oxygen atoms in total. The zero-order valence-corrected chi connectivity index (χ0v) is 9.34. The molecule has 0 aliphatic rings. The predicted molar refractivity (Wildman–Crippen MR) is 59.9 cm³/mol. The number of rotatable bonds is 1. The Morgan fingerprint density at radius 3 is 2.71 bits per heavy atom. The molecule has 0 spiro atoms. The van der Waals surface area contributed by atoms with Crippen LogP contribution in [0.2, 0.25) is 5.15 Å². The molecule has 0 aliphatic carbocycles. The molecule has 0 radical (unpaired) electrons. The highest BCUT2D eigenvalue weighted by molar-refractivity contribution is 6.34. The van der Waals surface area contributed by atoms with E-state index in [0.29, 0.717) is 11.2 Å². The summed E-state index contributed by atoms with van der Waals surface area (Å²) in [6.07, 6.45) is 0. The van der Waals surface area contributed by atoms with Gasteiger partial charge < -0.3 is 0 Å². The van der Waals surface area contributed by atoms with Crippen molar-refractivity contribution in [3.05, 3.63) is 28.9 Å². The van der Waals surface area contributed by atoms with Gasteiger partial charge in [0.05, 0.1) is 5.52 Å². The molecule has 0 fully saturated rings. The molecule has 3 heteroatoms. The molecule has 1 heterocycles. The fourth-order valence-corrected chi connectivity index (χ4v) is 1.94. The van der Waals surface area contributed by atoms with Gasteiger partial charge in [-0.2, -0.15) is 5.10 Å². The van der Waals surface area contributed by atoms with Crippen molar-refractivity contribution in [1.82, 2.24) is 9.78 Å². The molecule has 1 aromatic carbocycles. The normalized spacial score (nSPS) is 11.5. The van der Waals surface area contributed by atoms with Crippen molar-refractivity contribution in [2.24, 2.45) is 0 Å². The SMILES string of the molecule is Cc1cccc2c(Cl)nn(C(C)C)c12. The number of halogens is 1. The Labute approximate surface area is 88.5 Å².